The van der Waals surface area contributed by atoms with E-state index in [9.17, 15) is 38.4 Å². The van der Waals surface area contributed by atoms with Crippen molar-refractivity contribution in [3.05, 3.63) is 142 Å². The molecule has 0 radical (unpaired) electrons. The maximum Gasteiger partial charge on any atom is 0.339 e. The summed E-state index contributed by atoms with van der Waals surface area (Å²) < 4.78 is 64.9. The van der Waals surface area contributed by atoms with Gasteiger partial charge in [-0.2, -0.15) is 0 Å². The summed E-state index contributed by atoms with van der Waals surface area (Å²) in [5.41, 5.74) is 2.37. The fourth-order valence-electron chi connectivity index (χ4n) is 15.4. The zero-order valence-corrected chi connectivity index (χ0v) is 66.9. The number of carbonyl (C=O) groups is 8. The highest BCUT2D eigenvalue weighted by atomic mass is 16.6. The molecule has 4 aliphatic carbocycles. The van der Waals surface area contributed by atoms with E-state index in [0.717, 1.165) is 89.9 Å². The van der Waals surface area contributed by atoms with Crippen LogP contribution >= 0.6 is 0 Å². The quantitative estimate of drug-likeness (QED) is 0.0203. The summed E-state index contributed by atoms with van der Waals surface area (Å²) in [7, 11) is 0. The van der Waals surface area contributed by atoms with E-state index < -0.39 is 47.8 Å². The second-order valence-electron chi connectivity index (χ2n) is 32.9. The van der Waals surface area contributed by atoms with Crippen LogP contribution in [0.15, 0.2) is 97.1 Å². The van der Waals surface area contributed by atoms with E-state index in [0.29, 0.717) is 109 Å². The van der Waals surface area contributed by atoms with Crippen molar-refractivity contribution < 1.29 is 95.2 Å². The van der Waals surface area contributed by atoms with Crippen molar-refractivity contribution in [2.45, 2.75) is 236 Å². The van der Waals surface area contributed by atoms with Crippen LogP contribution in [0.25, 0.3) is 0 Å². The highest BCUT2D eigenvalue weighted by Crippen LogP contribution is 2.43. The van der Waals surface area contributed by atoms with Crippen molar-refractivity contribution in [3.8, 4) is 0 Å². The lowest BCUT2D eigenvalue weighted by atomic mass is 9.71. The predicted octanol–water partition coefficient (Wildman–Crippen LogP) is 17.8. The van der Waals surface area contributed by atoms with Crippen molar-refractivity contribution in [3.63, 3.8) is 0 Å². The molecular formula is C88H124O20. The average Bonchev–Trinajstić information content (AvgIpc) is 0.902. The van der Waals surface area contributed by atoms with E-state index in [-0.39, 0.29) is 96.1 Å². The molecule has 12 atom stereocenters. The molecule has 2 heterocycles. The highest BCUT2D eigenvalue weighted by molar-refractivity contribution is 6.05. The molecular weight excluding hydrogens is 1380 g/mol. The Morgan fingerprint density at radius 3 is 0.935 bits per heavy atom. The summed E-state index contributed by atoms with van der Waals surface area (Å²) >= 11 is 0. The second kappa shape index (κ2) is 43.8. The first-order valence-electron chi connectivity index (χ1n) is 39.8. The minimum absolute atomic E-state index is 0.00919. The molecule has 6 fully saturated rings. The molecule has 4 saturated carbocycles. The average molecular weight is 1500 g/mol. The Labute approximate surface area is 642 Å². The van der Waals surface area contributed by atoms with E-state index in [2.05, 4.69) is 96.9 Å². The van der Waals surface area contributed by atoms with Gasteiger partial charge in [0.05, 0.1) is 70.9 Å². The number of ether oxygens (including phenoxy) is 12. The summed E-state index contributed by atoms with van der Waals surface area (Å²) in [5.74, 6) is -0.0828. The van der Waals surface area contributed by atoms with Crippen LogP contribution in [0, 0.1) is 58.2 Å². The monoisotopic (exact) mass is 1500 g/mol. The molecule has 2 aliphatic heterocycles. The molecule has 20 heteroatoms. The molecule has 4 aromatic carbocycles. The Morgan fingerprint density at radius 2 is 0.657 bits per heavy atom. The Kier molecular flexibility index (Phi) is 35.5. The third-order valence-electron chi connectivity index (χ3n) is 21.0. The van der Waals surface area contributed by atoms with E-state index in [1.165, 1.54) is 12.8 Å². The molecule has 0 bridgehead atoms. The van der Waals surface area contributed by atoms with Crippen LogP contribution in [0.2, 0.25) is 0 Å². The number of epoxide rings is 2. The van der Waals surface area contributed by atoms with Gasteiger partial charge in [0, 0.05) is 13.2 Å². The Balaban J connectivity index is 0.000000203. The lowest BCUT2D eigenvalue weighted by molar-refractivity contribution is -0.0211. The molecule has 20 nitrogen and oxygen atoms in total. The Hall–Kier alpha value is -7.52. The number of rotatable bonds is 30. The molecule has 0 amide bonds. The molecule has 108 heavy (non-hydrogen) atoms. The van der Waals surface area contributed by atoms with Gasteiger partial charge in [0.25, 0.3) is 0 Å². The van der Waals surface area contributed by atoms with Crippen molar-refractivity contribution in [2.24, 2.45) is 58.2 Å². The number of esters is 8. The van der Waals surface area contributed by atoms with Crippen LogP contribution in [0.3, 0.4) is 0 Å². The van der Waals surface area contributed by atoms with Gasteiger partial charge in [-0.15, -0.1) is 0 Å². The minimum atomic E-state index is -0.559. The van der Waals surface area contributed by atoms with Crippen LogP contribution in [0.5, 0.6) is 0 Å². The predicted molar refractivity (Wildman–Crippen MR) is 411 cm³/mol. The summed E-state index contributed by atoms with van der Waals surface area (Å²) in [6.07, 6.45) is 15.6. The largest absolute Gasteiger partial charge is 0.460 e. The maximum absolute atomic E-state index is 13.2. The first kappa shape index (κ1) is 87.7. The highest BCUT2D eigenvalue weighted by Gasteiger charge is 2.40. The number of hydrogen-bond donors (Lipinski definition) is 0. The van der Waals surface area contributed by atoms with Crippen molar-refractivity contribution in [1.82, 2.24) is 0 Å². The van der Waals surface area contributed by atoms with E-state index >= 15 is 0 Å². The van der Waals surface area contributed by atoms with Gasteiger partial charge in [-0.05, 0) is 184 Å². The summed E-state index contributed by atoms with van der Waals surface area (Å²) in [6.45, 7) is 34.6. The molecule has 0 aromatic heterocycles. The lowest BCUT2D eigenvalue weighted by Crippen LogP contribution is -2.37. The SMILES string of the molecule is CC1CC(OC(=O)c2ccccc2C(=O)OC2CC(C)CC(C)(C)C2)CC(C)(C)C1.CC1CCC(C(C)C)C(OC(=O)c2ccccc2C(=O)OC2CC(C)CCC2C(C)C)C1.CCCCOCCOC(=O)c1ccccc1C(=O)OCCOCCCC.O=C(OCC1CO1)c1ccccc1C(=O)OCC1CO1. The van der Waals surface area contributed by atoms with E-state index in [4.69, 9.17) is 56.8 Å². The normalized spacial score (nSPS) is 24.4. The molecule has 4 aromatic rings. The van der Waals surface area contributed by atoms with Gasteiger partial charge >= 0.3 is 47.8 Å². The first-order chi connectivity index (χ1) is 51.5. The summed E-state index contributed by atoms with van der Waals surface area (Å²) in [5, 5.41) is 0. The Morgan fingerprint density at radius 1 is 0.370 bits per heavy atom. The zero-order chi connectivity index (χ0) is 78.5. The molecule has 6 aliphatic rings. The first-order valence-corrected chi connectivity index (χ1v) is 39.8. The summed E-state index contributed by atoms with van der Waals surface area (Å²) in [4.78, 5) is 101. The van der Waals surface area contributed by atoms with Gasteiger partial charge < -0.3 is 56.8 Å². The lowest BCUT2D eigenvalue weighted by Gasteiger charge is -2.38. The third kappa shape index (κ3) is 29.4. The van der Waals surface area contributed by atoms with Crippen molar-refractivity contribution in [2.75, 3.05) is 66.1 Å². The molecule has 10 rings (SSSR count). The molecule has 596 valence electrons. The number of unbranched alkanes of at least 4 members (excludes halogenated alkanes) is 2. The zero-order valence-electron chi connectivity index (χ0n) is 66.9. The van der Waals surface area contributed by atoms with Gasteiger partial charge in [-0.3, -0.25) is 0 Å². The minimum Gasteiger partial charge on any atom is -0.460 e. The van der Waals surface area contributed by atoms with Gasteiger partial charge in [0.15, 0.2) is 0 Å². The number of benzene rings is 4. The van der Waals surface area contributed by atoms with E-state index in [1.54, 1.807) is 97.1 Å². The summed E-state index contributed by atoms with van der Waals surface area (Å²) in [6, 6.07) is 26.7. The molecule has 12 unspecified atom stereocenters. The van der Waals surface area contributed by atoms with Gasteiger partial charge in [0.1, 0.15) is 63.1 Å². The Bertz CT molecular complexity index is 3290. The van der Waals surface area contributed by atoms with Crippen molar-refractivity contribution >= 4 is 47.8 Å². The van der Waals surface area contributed by atoms with Gasteiger partial charge in [0.2, 0.25) is 0 Å². The third-order valence-corrected chi connectivity index (χ3v) is 21.0. The molecule has 2 saturated heterocycles. The molecule has 0 spiro atoms. The van der Waals surface area contributed by atoms with Crippen LogP contribution in [0.4, 0.5) is 0 Å². The standard InChI is InChI=1S/C28H42O4.C26H38O4.C20H30O6.C14H14O6/c1-17(2)21-13-11-19(5)15-25(21)31-27(29)23-9-7-8-10-24(23)28(30)32-26-16-20(6)12-14-22(26)18(3)4;1-17-11-19(15-25(3,4)13-17)29-23(27)21-9-7-8-10-22(21)24(28)30-20-12-18(2)14-26(5,6)16-20;1-3-5-11-23-13-15-25-19(21)17-9-7-8-10-18(17)20(22)26-16-14-24-12-6-4-2;15-13(19-7-9-5-17-9)11-3-1-2-4-12(11)14(16)20-8-10-6-18-10/h7-10,17-22,25-26H,11-16H2,1-6H3;7-10,17-20H,11-16H2,1-6H3;7-10H,3-6,11-16H2,1-2H3;1-4,9-10H,5-8H2. The maximum atomic E-state index is 13.2. The van der Waals surface area contributed by atoms with Crippen LogP contribution in [-0.4, -0.2) is 150 Å². The fourth-order valence-corrected chi connectivity index (χ4v) is 15.4. The fraction of sp³-hybridized carbons (Fsp3) is 0.636. The van der Waals surface area contributed by atoms with E-state index in [1.807, 2.05) is 0 Å². The second-order valence-corrected chi connectivity index (χ2v) is 32.9. The number of carbonyl (C=O) groups excluding carboxylic acids is 8. The smallest absolute Gasteiger partial charge is 0.339 e. The van der Waals surface area contributed by atoms with Crippen molar-refractivity contribution in [1.29, 1.82) is 0 Å². The molecule has 0 N–H and O–H groups in total. The topological polar surface area (TPSA) is 254 Å². The number of hydrogen-bond acceptors (Lipinski definition) is 20. The van der Waals surface area contributed by atoms with Crippen LogP contribution in [-0.2, 0) is 56.8 Å². The van der Waals surface area contributed by atoms with Crippen LogP contribution < -0.4 is 0 Å². The van der Waals surface area contributed by atoms with Gasteiger partial charge in [-0.25, -0.2) is 38.4 Å². The van der Waals surface area contributed by atoms with Crippen LogP contribution in [0.1, 0.15) is 283 Å². The van der Waals surface area contributed by atoms with Gasteiger partial charge in [-0.1, -0.05) is 171 Å².